The summed E-state index contributed by atoms with van der Waals surface area (Å²) in [5, 5.41) is 1.38. The van der Waals surface area contributed by atoms with Gasteiger partial charge < -0.3 is 0 Å². The van der Waals surface area contributed by atoms with Crippen molar-refractivity contribution in [3.8, 4) is 0 Å². The van der Waals surface area contributed by atoms with Crippen LogP contribution in [-0.4, -0.2) is 28.5 Å². The molecule has 0 aliphatic heterocycles. The first-order valence-corrected chi connectivity index (χ1v) is 4.33. The van der Waals surface area contributed by atoms with Crippen LogP contribution in [0.25, 0.3) is 0 Å². The molecular weight excluding hydrogens is 110 g/mol. The summed E-state index contributed by atoms with van der Waals surface area (Å²) in [6.45, 7) is 2.21. The van der Waals surface area contributed by atoms with Crippen LogP contribution in [0.3, 0.4) is 0 Å². The maximum absolute atomic E-state index is 2.24. The van der Waals surface area contributed by atoms with Gasteiger partial charge in [-0.15, -0.1) is 0 Å². The van der Waals surface area contributed by atoms with Gasteiger partial charge in [-0.2, -0.15) is 0 Å². The molecule has 0 fully saturated rings. The van der Waals surface area contributed by atoms with Gasteiger partial charge in [-0.05, 0) is 0 Å². The molecule has 2 heteroatoms. The van der Waals surface area contributed by atoms with E-state index < -0.39 is 0 Å². The van der Waals surface area contributed by atoms with E-state index in [1.807, 2.05) is 0 Å². The van der Waals surface area contributed by atoms with Gasteiger partial charge >= 0.3 is 40.8 Å². The Hall–Kier alpha value is 1.12. The van der Waals surface area contributed by atoms with Crippen molar-refractivity contribution >= 4 is 28.5 Å². The van der Waals surface area contributed by atoms with Crippen LogP contribution in [0.15, 0.2) is 0 Å². The van der Waals surface area contributed by atoms with Crippen LogP contribution in [0.4, 0.5) is 0 Å². The molecule has 0 N–H and O–H groups in total. The summed E-state index contributed by atoms with van der Waals surface area (Å²) in [5.41, 5.74) is 0. The summed E-state index contributed by atoms with van der Waals surface area (Å²) >= 11 is 3.16. The number of hydrogen-bond donors (Lipinski definition) is 0. The molecule has 0 aromatic carbocycles. The molecule has 0 bridgehead atoms. The second kappa shape index (κ2) is 4.12. The van der Waals surface area contributed by atoms with Gasteiger partial charge in [0.2, 0.25) is 0 Å². The molecule has 4 heavy (non-hydrogen) atoms. The molecule has 0 unspecified atom stereocenters. The van der Waals surface area contributed by atoms with Crippen LogP contribution in [0.2, 0.25) is 5.32 Å². The topological polar surface area (TPSA) is 0 Å². The van der Waals surface area contributed by atoms with Crippen molar-refractivity contribution < 1.29 is 0 Å². The zero-order valence-electron chi connectivity index (χ0n) is 3.12. The van der Waals surface area contributed by atoms with E-state index in [4.69, 9.17) is 0 Å². The van der Waals surface area contributed by atoms with Crippen LogP contribution < -0.4 is 0 Å². The Labute approximate surface area is 41.0 Å². The van der Waals surface area contributed by atoms with E-state index in [0.29, 0.717) is 0 Å². The summed E-state index contributed by atoms with van der Waals surface area (Å²) < 4.78 is 0. The molecule has 0 radical (unpaired) electrons. The Balaban J connectivity index is 1.97. The van der Waals surface area contributed by atoms with Crippen molar-refractivity contribution in [2.75, 3.05) is 0 Å². The first-order valence-electron chi connectivity index (χ1n) is 1.40. The van der Waals surface area contributed by atoms with E-state index in [2.05, 4.69) is 22.7 Å². The predicted molar refractivity (Wildman–Crippen MR) is 22.0 cm³/mol. The minimum atomic E-state index is 0.917. The maximum atomic E-state index is 2.24. The van der Waals surface area contributed by atoms with Crippen LogP contribution >= 0.6 is 0 Å². The van der Waals surface area contributed by atoms with Gasteiger partial charge in [-0.3, -0.25) is 0 Å². The quantitative estimate of drug-likeness (QED) is 0.428. The molecule has 0 aliphatic carbocycles. The standard InChI is InChI=1S/C2H6Se.Li/c1-2-3;/h3H,2H2,1H3;/q;+1/p-1. The predicted octanol–water partition coefficient (Wildman–Crippen LogP) is 0.212. The average Bonchev–Trinajstić information content (AvgIpc) is 1.37. The molecule has 0 saturated carbocycles. The van der Waals surface area contributed by atoms with Gasteiger partial charge in [0.05, 0.1) is 0 Å². The molecule has 0 nitrogen and oxygen atoms in total. The second-order valence-corrected chi connectivity index (χ2v) is 3.00. The van der Waals surface area contributed by atoms with E-state index in [0.717, 1.165) is 12.8 Å². The first kappa shape index (κ1) is 5.12. The molecule has 0 atom stereocenters. The third kappa shape index (κ3) is 3.12. The summed E-state index contributed by atoms with van der Waals surface area (Å²) in [6.07, 6.45) is 0. The number of hydrogen-bond acceptors (Lipinski definition) is 0. The summed E-state index contributed by atoms with van der Waals surface area (Å²) in [7, 11) is 0. The zero-order valence-corrected chi connectivity index (χ0v) is 4.83. The van der Waals surface area contributed by atoms with E-state index in [9.17, 15) is 0 Å². The van der Waals surface area contributed by atoms with Gasteiger partial charge in [0.25, 0.3) is 0 Å². The molecule has 0 spiro atoms. The van der Waals surface area contributed by atoms with Gasteiger partial charge in [0, 0.05) is 0 Å². The van der Waals surface area contributed by atoms with Crippen molar-refractivity contribution in [3.63, 3.8) is 0 Å². The van der Waals surface area contributed by atoms with Crippen molar-refractivity contribution in [3.05, 3.63) is 0 Å². The fourth-order valence-electron chi connectivity index (χ4n) is 0. The molecule has 0 amide bonds. The van der Waals surface area contributed by atoms with Crippen molar-refractivity contribution in [2.45, 2.75) is 12.2 Å². The molecule has 0 heterocycles. The third-order valence-corrected chi connectivity index (χ3v) is 1.50. The monoisotopic (exact) mass is 116 g/mol. The zero-order chi connectivity index (χ0) is 3.41. The minimum absolute atomic E-state index is 0.917. The molecule has 0 aromatic heterocycles. The van der Waals surface area contributed by atoms with Gasteiger partial charge in [-0.25, -0.2) is 0 Å². The average molecular weight is 115 g/mol. The molecule has 0 saturated heterocycles. The van der Waals surface area contributed by atoms with Gasteiger partial charge in [0.15, 0.2) is 0 Å². The van der Waals surface area contributed by atoms with E-state index in [1.165, 1.54) is 5.32 Å². The van der Waals surface area contributed by atoms with Crippen molar-refractivity contribution in [2.24, 2.45) is 0 Å². The fraction of sp³-hybridized carbons (Fsp3) is 1.00. The van der Waals surface area contributed by atoms with Crippen LogP contribution in [-0.2, 0) is 0 Å². The summed E-state index contributed by atoms with van der Waals surface area (Å²) in [5.74, 6) is 0. The van der Waals surface area contributed by atoms with Crippen molar-refractivity contribution in [1.82, 2.24) is 0 Å². The van der Waals surface area contributed by atoms with E-state index >= 15 is 0 Å². The van der Waals surface area contributed by atoms with Gasteiger partial charge in [0.1, 0.15) is 0 Å². The molecule has 20 valence electrons. The van der Waals surface area contributed by atoms with E-state index in [1.54, 1.807) is 0 Å². The van der Waals surface area contributed by atoms with Crippen LogP contribution in [0.1, 0.15) is 6.92 Å². The second-order valence-electron chi connectivity index (χ2n) is 0.577. The first-order chi connectivity index (χ1) is 1.91. The molecule has 0 aromatic rings. The van der Waals surface area contributed by atoms with Crippen molar-refractivity contribution in [1.29, 1.82) is 0 Å². The third-order valence-electron chi connectivity index (χ3n) is 0.289. The van der Waals surface area contributed by atoms with Crippen LogP contribution in [0.5, 0.6) is 0 Å². The Morgan fingerprint density at radius 2 is 2.25 bits per heavy atom. The molecular formula is C2H5LiSe. The van der Waals surface area contributed by atoms with Crippen LogP contribution in [0, 0.1) is 0 Å². The Kier molecular flexibility index (Phi) is 5.27. The molecule has 0 aliphatic rings. The Morgan fingerprint density at radius 3 is 2.25 bits per heavy atom. The van der Waals surface area contributed by atoms with Gasteiger partial charge in [-0.1, -0.05) is 0 Å². The normalized spacial score (nSPS) is 7.75. The van der Waals surface area contributed by atoms with E-state index in [-0.39, 0.29) is 0 Å². The number of rotatable bonds is 1. The molecule has 0 rings (SSSR count). The SMILES string of the molecule is [Li][Se]CC. The summed E-state index contributed by atoms with van der Waals surface area (Å²) in [6, 6.07) is 0. The Bertz CT molecular complexity index is 8.00. The summed E-state index contributed by atoms with van der Waals surface area (Å²) in [4.78, 5) is 0. The fourth-order valence-corrected chi connectivity index (χ4v) is 0. The Morgan fingerprint density at radius 1 is 2.00 bits per heavy atom.